The van der Waals surface area contributed by atoms with Crippen LogP contribution >= 0.6 is 0 Å². The second-order valence-electron chi connectivity index (χ2n) is 8.28. The number of rotatable bonds is 3. The molecule has 4 aromatic rings. The predicted molar refractivity (Wildman–Crippen MR) is 122 cm³/mol. The van der Waals surface area contributed by atoms with E-state index in [0.717, 1.165) is 85.0 Å². The Balaban J connectivity index is 1.42. The number of hydrogen-bond donors (Lipinski definition) is 3. The van der Waals surface area contributed by atoms with Crippen LogP contribution in [-0.4, -0.2) is 81.3 Å². The molecular weight excluding hydrogens is 390 g/mol. The first kappa shape index (κ1) is 18.5. The summed E-state index contributed by atoms with van der Waals surface area (Å²) in [5, 5.41) is 11.9. The molecule has 9 nitrogen and oxygen atoms in total. The molecule has 2 aliphatic rings. The maximum Gasteiger partial charge on any atom is 0.181 e. The molecule has 158 valence electrons. The summed E-state index contributed by atoms with van der Waals surface area (Å²) >= 11 is 0. The number of hydrogen-bond acceptors (Lipinski definition) is 7. The van der Waals surface area contributed by atoms with Crippen molar-refractivity contribution < 1.29 is 0 Å². The van der Waals surface area contributed by atoms with E-state index in [1.165, 1.54) is 5.57 Å². The zero-order valence-corrected chi connectivity index (χ0v) is 17.5. The van der Waals surface area contributed by atoms with Crippen LogP contribution in [0.15, 0.2) is 30.6 Å². The predicted octanol–water partition coefficient (Wildman–Crippen LogP) is 2.02. The maximum absolute atomic E-state index is 4.79. The Kier molecular flexibility index (Phi) is 4.43. The summed E-state index contributed by atoms with van der Waals surface area (Å²) in [6.45, 7) is 5.98. The Bertz CT molecular complexity index is 1280. The molecule has 0 saturated carbocycles. The standard InChI is InChI=1S/C22H25N9/c1-30-8-10-31(11-9-30)17-4-7-24-21-19(17)26-22(27-21)18-16-12-15(13-25-20(16)29-28-18)14-2-5-23-6-3-14/h2,4,7,12-13,23H,3,5-6,8-11H2,1H3,(H,24,26,27)(H,25,28,29). The lowest BCUT2D eigenvalue weighted by Gasteiger charge is -2.34. The van der Waals surface area contributed by atoms with Gasteiger partial charge in [-0.15, -0.1) is 0 Å². The Labute approximate surface area is 179 Å². The minimum Gasteiger partial charge on any atom is -0.367 e. The van der Waals surface area contributed by atoms with Crippen LogP contribution in [-0.2, 0) is 0 Å². The minimum atomic E-state index is 0.695. The average molecular weight is 416 g/mol. The van der Waals surface area contributed by atoms with Crippen molar-refractivity contribution in [1.82, 2.24) is 40.3 Å². The first-order chi connectivity index (χ1) is 15.3. The number of piperazine rings is 1. The third-order valence-corrected chi connectivity index (χ3v) is 6.30. The molecule has 3 N–H and O–H groups in total. The molecule has 2 aliphatic heterocycles. The fourth-order valence-electron chi connectivity index (χ4n) is 4.47. The molecule has 1 fully saturated rings. The average Bonchev–Trinajstić information content (AvgIpc) is 3.43. The second kappa shape index (κ2) is 7.44. The van der Waals surface area contributed by atoms with Crippen molar-refractivity contribution in [2.24, 2.45) is 0 Å². The third-order valence-electron chi connectivity index (χ3n) is 6.30. The van der Waals surface area contributed by atoms with E-state index in [1.807, 2.05) is 12.4 Å². The summed E-state index contributed by atoms with van der Waals surface area (Å²) in [6.07, 6.45) is 6.99. The van der Waals surface area contributed by atoms with Crippen LogP contribution in [0.2, 0.25) is 0 Å². The van der Waals surface area contributed by atoms with Crippen LogP contribution in [0.25, 0.3) is 39.3 Å². The molecule has 0 spiro atoms. The number of nitrogens with zero attached hydrogens (tertiary/aromatic N) is 6. The van der Waals surface area contributed by atoms with Crippen molar-refractivity contribution in [1.29, 1.82) is 0 Å². The number of aromatic amines is 2. The maximum atomic E-state index is 4.79. The Morgan fingerprint density at radius 3 is 2.81 bits per heavy atom. The Hall–Kier alpha value is -3.30. The summed E-state index contributed by atoms with van der Waals surface area (Å²) < 4.78 is 0. The van der Waals surface area contributed by atoms with Crippen LogP contribution in [0.1, 0.15) is 12.0 Å². The van der Waals surface area contributed by atoms with Gasteiger partial charge in [0.1, 0.15) is 11.2 Å². The second-order valence-corrected chi connectivity index (χ2v) is 8.28. The van der Waals surface area contributed by atoms with Gasteiger partial charge in [-0.25, -0.2) is 15.0 Å². The van der Waals surface area contributed by atoms with E-state index in [1.54, 1.807) is 0 Å². The van der Waals surface area contributed by atoms with Gasteiger partial charge in [0.05, 0.1) is 11.1 Å². The SMILES string of the molecule is CN1CCN(c2ccnc3nc(-c4[nH]nc5ncc(C6=CCNCC6)cc45)[nH]c23)CC1. The van der Waals surface area contributed by atoms with Crippen molar-refractivity contribution in [2.75, 3.05) is 51.2 Å². The van der Waals surface area contributed by atoms with Crippen molar-refractivity contribution >= 4 is 33.5 Å². The number of nitrogens with one attached hydrogen (secondary N) is 3. The number of H-pyrrole nitrogens is 2. The van der Waals surface area contributed by atoms with Gasteiger partial charge in [-0.1, -0.05) is 6.08 Å². The lowest BCUT2D eigenvalue weighted by molar-refractivity contribution is 0.313. The summed E-state index contributed by atoms with van der Waals surface area (Å²) in [5.74, 6) is 0.741. The van der Waals surface area contributed by atoms with Crippen molar-refractivity contribution in [3.05, 3.63) is 36.2 Å². The molecule has 1 saturated heterocycles. The van der Waals surface area contributed by atoms with E-state index < -0.39 is 0 Å². The van der Waals surface area contributed by atoms with Gasteiger partial charge < -0.3 is 20.1 Å². The zero-order chi connectivity index (χ0) is 20.8. The smallest absolute Gasteiger partial charge is 0.181 e. The fourth-order valence-corrected chi connectivity index (χ4v) is 4.47. The van der Waals surface area contributed by atoms with Gasteiger partial charge in [-0.2, -0.15) is 5.10 Å². The molecule has 0 aromatic carbocycles. The lowest BCUT2D eigenvalue weighted by atomic mass is 10.0. The quantitative estimate of drug-likeness (QED) is 0.471. The lowest BCUT2D eigenvalue weighted by Crippen LogP contribution is -2.44. The molecule has 0 aliphatic carbocycles. The molecule has 0 radical (unpaired) electrons. The largest absolute Gasteiger partial charge is 0.367 e. The van der Waals surface area contributed by atoms with Gasteiger partial charge in [-0.3, -0.25) is 5.10 Å². The van der Waals surface area contributed by atoms with Crippen LogP contribution in [0.4, 0.5) is 5.69 Å². The van der Waals surface area contributed by atoms with Gasteiger partial charge in [0.15, 0.2) is 17.1 Å². The van der Waals surface area contributed by atoms with E-state index in [0.29, 0.717) is 5.65 Å². The minimum absolute atomic E-state index is 0.695. The van der Waals surface area contributed by atoms with E-state index in [9.17, 15) is 0 Å². The van der Waals surface area contributed by atoms with Crippen LogP contribution in [0.5, 0.6) is 0 Å². The number of anilines is 1. The van der Waals surface area contributed by atoms with Gasteiger partial charge in [-0.05, 0) is 43.3 Å². The summed E-state index contributed by atoms with van der Waals surface area (Å²) in [4.78, 5) is 22.1. The van der Waals surface area contributed by atoms with Crippen molar-refractivity contribution in [2.45, 2.75) is 6.42 Å². The monoisotopic (exact) mass is 415 g/mol. The van der Waals surface area contributed by atoms with E-state index in [-0.39, 0.29) is 0 Å². The van der Waals surface area contributed by atoms with Crippen LogP contribution in [0.3, 0.4) is 0 Å². The summed E-state index contributed by atoms with van der Waals surface area (Å²) in [7, 11) is 2.17. The van der Waals surface area contributed by atoms with Crippen LogP contribution < -0.4 is 10.2 Å². The molecule has 0 bridgehead atoms. The highest BCUT2D eigenvalue weighted by atomic mass is 15.3. The van der Waals surface area contributed by atoms with Crippen molar-refractivity contribution in [3.8, 4) is 11.5 Å². The molecule has 6 rings (SSSR count). The molecule has 0 unspecified atom stereocenters. The van der Waals surface area contributed by atoms with Crippen molar-refractivity contribution in [3.63, 3.8) is 0 Å². The third kappa shape index (κ3) is 3.26. The molecule has 4 aromatic heterocycles. The molecular formula is C22H25N9. The van der Waals surface area contributed by atoms with Gasteiger partial charge in [0.25, 0.3) is 0 Å². The van der Waals surface area contributed by atoms with E-state index in [4.69, 9.17) is 4.98 Å². The summed E-state index contributed by atoms with van der Waals surface area (Å²) in [6, 6.07) is 4.24. The topological polar surface area (TPSA) is 102 Å². The van der Waals surface area contributed by atoms with Crippen LogP contribution in [0, 0.1) is 0 Å². The fraction of sp³-hybridized carbons (Fsp3) is 0.364. The highest BCUT2D eigenvalue weighted by Gasteiger charge is 2.20. The highest BCUT2D eigenvalue weighted by molar-refractivity contribution is 5.94. The van der Waals surface area contributed by atoms with Gasteiger partial charge >= 0.3 is 0 Å². The van der Waals surface area contributed by atoms with E-state index in [2.05, 4.69) is 65.5 Å². The molecule has 0 amide bonds. The van der Waals surface area contributed by atoms with Gasteiger partial charge in [0.2, 0.25) is 0 Å². The number of fused-ring (bicyclic) bond motifs is 2. The first-order valence-corrected chi connectivity index (χ1v) is 10.8. The number of imidazole rings is 1. The Morgan fingerprint density at radius 2 is 1.97 bits per heavy atom. The number of pyridine rings is 2. The molecule has 0 atom stereocenters. The van der Waals surface area contributed by atoms with E-state index >= 15 is 0 Å². The summed E-state index contributed by atoms with van der Waals surface area (Å²) in [5.41, 5.74) is 6.85. The zero-order valence-electron chi connectivity index (χ0n) is 17.5. The number of likely N-dealkylation sites (N-methyl/N-ethyl adjacent to an activating group) is 1. The van der Waals surface area contributed by atoms with Gasteiger partial charge in [0, 0.05) is 45.1 Å². The Morgan fingerprint density at radius 1 is 1.06 bits per heavy atom. The highest BCUT2D eigenvalue weighted by Crippen LogP contribution is 2.31. The normalized spacial score (nSPS) is 18.1. The molecule has 9 heteroatoms. The first-order valence-electron chi connectivity index (χ1n) is 10.8. The molecule has 31 heavy (non-hydrogen) atoms. The molecule has 6 heterocycles. The number of aromatic nitrogens is 6.